The Balaban J connectivity index is 1.59. The van der Waals surface area contributed by atoms with E-state index in [1.165, 1.54) is 6.20 Å². The van der Waals surface area contributed by atoms with Gasteiger partial charge in [-0.2, -0.15) is 0 Å². The predicted octanol–water partition coefficient (Wildman–Crippen LogP) is 3.83. The molecule has 0 saturated heterocycles. The lowest BCUT2D eigenvalue weighted by Gasteiger charge is -2.48. The fourth-order valence-electron chi connectivity index (χ4n) is 3.91. The number of carbonyl (C=O) groups excluding carboxylic acids is 1. The Bertz CT molecular complexity index is 1040. The van der Waals surface area contributed by atoms with Crippen molar-refractivity contribution in [3.8, 4) is 5.75 Å². The molecule has 1 saturated carbocycles. The van der Waals surface area contributed by atoms with Gasteiger partial charge in [0.2, 0.25) is 5.91 Å². The summed E-state index contributed by atoms with van der Waals surface area (Å²) in [5.74, 6) is -3.39. The second kappa shape index (κ2) is 9.97. The number of hydrogen-bond donors (Lipinski definition) is 3. The number of aliphatic carboxylic acids is 2. The number of nitrogens with one attached hydrogen (secondary N) is 1. The molecule has 176 valence electrons. The Kier molecular flexibility index (Phi) is 7.49. The van der Waals surface area contributed by atoms with Crippen molar-refractivity contribution in [2.45, 2.75) is 39.3 Å². The number of aromatic nitrogens is 1. The molecule has 1 fully saturated rings. The summed E-state index contributed by atoms with van der Waals surface area (Å²) >= 11 is 12.3. The summed E-state index contributed by atoms with van der Waals surface area (Å²) in [6.45, 7) is 3.54. The molecule has 3 atom stereocenters. The first kappa shape index (κ1) is 24.8. The van der Waals surface area contributed by atoms with Crippen LogP contribution in [-0.2, 0) is 27.4 Å². The van der Waals surface area contributed by atoms with E-state index < -0.39 is 41.1 Å². The molecule has 1 aromatic heterocycles. The fourth-order valence-corrected chi connectivity index (χ4v) is 4.42. The van der Waals surface area contributed by atoms with Gasteiger partial charge in [0.1, 0.15) is 18.4 Å². The van der Waals surface area contributed by atoms with Crippen LogP contribution in [-0.4, -0.2) is 39.1 Å². The first-order valence-corrected chi connectivity index (χ1v) is 11.0. The lowest BCUT2D eigenvalue weighted by atomic mass is 9.54. The van der Waals surface area contributed by atoms with Gasteiger partial charge in [-0.05, 0) is 36.1 Å². The molecule has 0 unspecified atom stereocenters. The van der Waals surface area contributed by atoms with E-state index in [1.54, 1.807) is 44.2 Å². The molecule has 1 heterocycles. The number of carboxylic acid groups (broad SMARTS) is 2. The van der Waals surface area contributed by atoms with Crippen molar-refractivity contribution in [2.75, 3.05) is 0 Å². The summed E-state index contributed by atoms with van der Waals surface area (Å²) in [6, 6.07) is 7.21. The van der Waals surface area contributed by atoms with Gasteiger partial charge in [0.15, 0.2) is 0 Å². The molecule has 0 bridgehead atoms. The van der Waals surface area contributed by atoms with Gasteiger partial charge in [-0.3, -0.25) is 14.6 Å². The Morgan fingerprint density at radius 3 is 2.33 bits per heavy atom. The third-order valence-corrected chi connectivity index (χ3v) is 6.86. The van der Waals surface area contributed by atoms with Crippen molar-refractivity contribution in [2.24, 2.45) is 17.3 Å². The third kappa shape index (κ3) is 5.57. The maximum Gasteiger partial charge on any atom is 0.326 e. The van der Waals surface area contributed by atoms with Gasteiger partial charge < -0.3 is 20.3 Å². The lowest BCUT2D eigenvalue weighted by molar-refractivity contribution is -0.164. The highest BCUT2D eigenvalue weighted by atomic mass is 35.5. The van der Waals surface area contributed by atoms with Gasteiger partial charge in [0.25, 0.3) is 0 Å². The maximum absolute atomic E-state index is 12.6. The van der Waals surface area contributed by atoms with E-state index in [9.17, 15) is 24.6 Å². The van der Waals surface area contributed by atoms with Gasteiger partial charge in [0.05, 0.1) is 12.1 Å². The minimum absolute atomic E-state index is 0.0345. The maximum atomic E-state index is 12.6. The van der Waals surface area contributed by atoms with Crippen LogP contribution in [0.1, 0.15) is 31.5 Å². The molecule has 10 heteroatoms. The molecule has 0 aliphatic heterocycles. The number of pyridine rings is 1. The number of amides is 1. The topological polar surface area (TPSA) is 126 Å². The van der Waals surface area contributed by atoms with Crippen LogP contribution in [0.4, 0.5) is 0 Å². The Hall–Kier alpha value is -2.84. The number of carbonyl (C=O) groups is 3. The number of halogens is 2. The van der Waals surface area contributed by atoms with E-state index >= 15 is 0 Å². The van der Waals surface area contributed by atoms with Gasteiger partial charge in [0, 0.05) is 33.6 Å². The van der Waals surface area contributed by atoms with Crippen LogP contribution in [0.3, 0.4) is 0 Å². The average Bonchev–Trinajstić information content (AvgIpc) is 2.73. The highest BCUT2D eigenvalue weighted by molar-refractivity contribution is 6.35. The van der Waals surface area contributed by atoms with E-state index in [0.29, 0.717) is 27.1 Å². The predicted molar refractivity (Wildman–Crippen MR) is 121 cm³/mol. The first-order chi connectivity index (χ1) is 15.5. The zero-order valence-corrected chi connectivity index (χ0v) is 19.6. The molecule has 0 spiro atoms. The van der Waals surface area contributed by atoms with E-state index in [2.05, 4.69) is 10.3 Å². The van der Waals surface area contributed by atoms with E-state index in [-0.39, 0.29) is 19.4 Å². The number of ether oxygens (including phenoxy) is 1. The minimum Gasteiger partial charge on any atom is -0.487 e. The van der Waals surface area contributed by atoms with E-state index in [1.807, 2.05) is 0 Å². The van der Waals surface area contributed by atoms with Crippen LogP contribution in [0.15, 0.2) is 36.5 Å². The second-order valence-corrected chi connectivity index (χ2v) is 9.39. The van der Waals surface area contributed by atoms with Crippen LogP contribution in [0.5, 0.6) is 5.75 Å². The molecule has 8 nitrogen and oxygen atoms in total. The molecule has 3 N–H and O–H groups in total. The molecule has 1 aliphatic carbocycles. The average molecular weight is 495 g/mol. The van der Waals surface area contributed by atoms with Gasteiger partial charge in [-0.15, -0.1) is 0 Å². The van der Waals surface area contributed by atoms with Crippen LogP contribution in [0, 0.1) is 17.3 Å². The van der Waals surface area contributed by atoms with Crippen LogP contribution in [0.2, 0.25) is 10.0 Å². The molecule has 33 heavy (non-hydrogen) atoms. The van der Waals surface area contributed by atoms with Crippen molar-refractivity contribution in [3.63, 3.8) is 0 Å². The van der Waals surface area contributed by atoms with E-state index in [0.717, 1.165) is 0 Å². The third-order valence-electron chi connectivity index (χ3n) is 6.15. The van der Waals surface area contributed by atoms with Gasteiger partial charge in [-0.1, -0.05) is 43.1 Å². The van der Waals surface area contributed by atoms with Crippen LogP contribution in [0.25, 0.3) is 0 Å². The number of carboxylic acids is 2. The standard InChI is InChI=1S/C23H24Cl2N2O6/c1-23(2)15(9-16(23)21(29)30)20(28)27-19(22(31)32)8-12-6-7-13(10-26-12)33-11-14-17(24)4-3-5-18(14)25/h3-7,10,15-16,19H,8-9,11H2,1-2H3,(H,27,28)(H,29,30)(H,31,32)/t15-,16+,19+/m1/s1. The second-order valence-electron chi connectivity index (χ2n) is 8.58. The summed E-state index contributed by atoms with van der Waals surface area (Å²) in [4.78, 5) is 39.8. The summed E-state index contributed by atoms with van der Waals surface area (Å²) in [7, 11) is 0. The number of hydrogen-bond acceptors (Lipinski definition) is 5. The Labute approximate surface area is 200 Å². The summed E-state index contributed by atoms with van der Waals surface area (Å²) in [5, 5.41) is 22.3. The molecular weight excluding hydrogens is 471 g/mol. The monoisotopic (exact) mass is 494 g/mol. The van der Waals surface area contributed by atoms with Crippen molar-refractivity contribution in [1.29, 1.82) is 0 Å². The summed E-state index contributed by atoms with van der Waals surface area (Å²) in [6.07, 6.45) is 1.60. The fraction of sp³-hybridized carbons (Fsp3) is 0.391. The molecular formula is C23H24Cl2N2O6. The molecule has 3 rings (SSSR count). The summed E-state index contributed by atoms with van der Waals surface area (Å²) in [5.41, 5.74) is 0.338. The SMILES string of the molecule is CC1(C)[C@@H](C(=O)N[C@@H](Cc2ccc(OCc3c(Cl)cccc3Cl)cn2)C(=O)O)C[C@H]1C(=O)O. The molecule has 2 aromatic rings. The van der Waals surface area contributed by atoms with Crippen molar-refractivity contribution < 1.29 is 29.3 Å². The highest BCUT2D eigenvalue weighted by Gasteiger charge is 2.55. The molecule has 1 aliphatic rings. The smallest absolute Gasteiger partial charge is 0.326 e. The van der Waals surface area contributed by atoms with Crippen LogP contribution < -0.4 is 10.1 Å². The number of rotatable bonds is 9. The lowest BCUT2D eigenvalue weighted by Crippen LogP contribution is -2.57. The molecule has 1 aromatic carbocycles. The van der Waals surface area contributed by atoms with Gasteiger partial charge in [-0.25, -0.2) is 4.79 Å². The Morgan fingerprint density at radius 1 is 1.15 bits per heavy atom. The normalized spacial score (nSPS) is 19.8. The molecule has 1 amide bonds. The highest BCUT2D eigenvalue weighted by Crippen LogP contribution is 2.51. The minimum atomic E-state index is -1.20. The Morgan fingerprint density at radius 2 is 1.82 bits per heavy atom. The zero-order valence-electron chi connectivity index (χ0n) is 18.0. The number of nitrogens with zero attached hydrogens (tertiary/aromatic N) is 1. The molecule has 0 radical (unpaired) electrons. The zero-order chi connectivity index (χ0) is 24.3. The first-order valence-electron chi connectivity index (χ1n) is 10.3. The van der Waals surface area contributed by atoms with Gasteiger partial charge >= 0.3 is 11.9 Å². The summed E-state index contributed by atoms with van der Waals surface area (Å²) < 4.78 is 5.67. The quantitative estimate of drug-likeness (QED) is 0.483. The largest absolute Gasteiger partial charge is 0.487 e. The van der Waals surface area contributed by atoms with E-state index in [4.69, 9.17) is 27.9 Å². The van der Waals surface area contributed by atoms with Crippen molar-refractivity contribution in [1.82, 2.24) is 10.3 Å². The van der Waals surface area contributed by atoms with Crippen molar-refractivity contribution in [3.05, 3.63) is 57.8 Å². The van der Waals surface area contributed by atoms with Crippen LogP contribution >= 0.6 is 23.2 Å². The number of benzene rings is 1. The van der Waals surface area contributed by atoms with Crippen molar-refractivity contribution >= 4 is 41.0 Å².